The average molecular weight is 201 g/mol. The fourth-order valence-corrected chi connectivity index (χ4v) is 1.33. The first-order chi connectivity index (χ1) is 6.76. The van der Waals surface area contributed by atoms with Crippen molar-refractivity contribution in [3.63, 3.8) is 0 Å². The third kappa shape index (κ3) is 5.97. The first kappa shape index (κ1) is 13.4. The lowest BCUT2D eigenvalue weighted by Gasteiger charge is -2.12. The zero-order valence-electron chi connectivity index (χ0n) is 9.64. The summed E-state index contributed by atoms with van der Waals surface area (Å²) in [6, 6.07) is 0. The Labute approximate surface area is 87.2 Å². The van der Waals surface area contributed by atoms with E-state index in [2.05, 4.69) is 5.32 Å². The molecule has 0 aromatic carbocycles. The van der Waals surface area contributed by atoms with Gasteiger partial charge in [-0.3, -0.25) is 4.79 Å². The lowest BCUT2D eigenvalue weighted by molar-refractivity contribution is -0.125. The van der Waals surface area contributed by atoms with Crippen molar-refractivity contribution in [2.75, 3.05) is 19.8 Å². The molecule has 0 atom stereocenters. The summed E-state index contributed by atoms with van der Waals surface area (Å²) < 4.78 is 5.18. The van der Waals surface area contributed by atoms with Crippen LogP contribution < -0.4 is 5.32 Å². The van der Waals surface area contributed by atoms with E-state index in [0.29, 0.717) is 0 Å². The molecule has 0 aliphatic carbocycles. The zero-order chi connectivity index (χ0) is 10.8. The quantitative estimate of drug-likeness (QED) is 0.610. The molecular weight excluding hydrogens is 178 g/mol. The molecule has 0 unspecified atom stereocenters. The molecule has 1 amide bonds. The molecule has 0 aliphatic heterocycles. The van der Waals surface area contributed by atoms with Crippen molar-refractivity contribution in [2.45, 2.75) is 40.0 Å². The lowest BCUT2D eigenvalue weighted by Crippen LogP contribution is -2.31. The Kier molecular flexibility index (Phi) is 8.64. The van der Waals surface area contributed by atoms with Gasteiger partial charge in [-0.15, -0.1) is 0 Å². The molecule has 0 fully saturated rings. The van der Waals surface area contributed by atoms with Crippen LogP contribution in [0.2, 0.25) is 0 Å². The molecule has 14 heavy (non-hydrogen) atoms. The Bertz CT molecular complexity index is 144. The second-order valence-corrected chi connectivity index (χ2v) is 3.35. The maximum Gasteiger partial charge on any atom is 0.223 e. The Balaban J connectivity index is 3.43. The summed E-state index contributed by atoms with van der Waals surface area (Å²) in [7, 11) is 0. The maximum absolute atomic E-state index is 11.5. The van der Waals surface area contributed by atoms with Crippen LogP contribution in [0.5, 0.6) is 0 Å². The highest BCUT2D eigenvalue weighted by Gasteiger charge is 2.12. The predicted molar refractivity (Wildman–Crippen MR) is 58.2 cm³/mol. The van der Waals surface area contributed by atoms with Gasteiger partial charge in [0.1, 0.15) is 0 Å². The van der Waals surface area contributed by atoms with Crippen LogP contribution in [-0.4, -0.2) is 25.7 Å². The minimum absolute atomic E-state index is 0.182. The van der Waals surface area contributed by atoms with Crippen LogP contribution in [0.1, 0.15) is 40.0 Å². The highest BCUT2D eigenvalue weighted by molar-refractivity contribution is 5.78. The minimum atomic E-state index is 0.182. The number of ether oxygens (including phenoxy) is 1. The van der Waals surface area contributed by atoms with Crippen molar-refractivity contribution in [1.29, 1.82) is 0 Å². The molecule has 0 aromatic heterocycles. The number of carbonyl (C=O) groups excluding carboxylic acids is 1. The van der Waals surface area contributed by atoms with E-state index in [0.717, 1.165) is 39.0 Å². The van der Waals surface area contributed by atoms with Gasteiger partial charge in [-0.2, -0.15) is 0 Å². The smallest absolute Gasteiger partial charge is 0.223 e. The minimum Gasteiger partial charge on any atom is -0.382 e. The van der Waals surface area contributed by atoms with Gasteiger partial charge in [0, 0.05) is 25.7 Å². The van der Waals surface area contributed by atoms with Crippen molar-refractivity contribution in [3.8, 4) is 0 Å². The summed E-state index contributed by atoms with van der Waals surface area (Å²) in [6.07, 6.45) is 2.75. The highest BCUT2D eigenvalue weighted by atomic mass is 16.5. The largest absolute Gasteiger partial charge is 0.382 e. The second-order valence-electron chi connectivity index (χ2n) is 3.35. The molecule has 3 nitrogen and oxygen atoms in total. The van der Waals surface area contributed by atoms with Gasteiger partial charge in [0.15, 0.2) is 0 Å². The van der Waals surface area contributed by atoms with Crippen LogP contribution >= 0.6 is 0 Å². The maximum atomic E-state index is 11.5. The van der Waals surface area contributed by atoms with E-state index in [1.807, 2.05) is 20.8 Å². The van der Waals surface area contributed by atoms with Gasteiger partial charge in [-0.05, 0) is 26.2 Å². The predicted octanol–water partition coefficient (Wildman–Crippen LogP) is 1.97. The van der Waals surface area contributed by atoms with E-state index in [4.69, 9.17) is 4.74 Å². The lowest BCUT2D eigenvalue weighted by atomic mass is 10.0. The van der Waals surface area contributed by atoms with E-state index in [1.165, 1.54) is 0 Å². The molecule has 1 N–H and O–H groups in total. The third-order valence-corrected chi connectivity index (χ3v) is 2.33. The van der Waals surface area contributed by atoms with E-state index in [1.54, 1.807) is 0 Å². The van der Waals surface area contributed by atoms with Crippen molar-refractivity contribution in [3.05, 3.63) is 0 Å². The van der Waals surface area contributed by atoms with Gasteiger partial charge in [-0.1, -0.05) is 13.8 Å². The summed E-state index contributed by atoms with van der Waals surface area (Å²) in [4.78, 5) is 11.5. The summed E-state index contributed by atoms with van der Waals surface area (Å²) in [5.41, 5.74) is 0. The van der Waals surface area contributed by atoms with Crippen molar-refractivity contribution in [1.82, 2.24) is 5.32 Å². The van der Waals surface area contributed by atoms with Gasteiger partial charge in [0.05, 0.1) is 0 Å². The van der Waals surface area contributed by atoms with Gasteiger partial charge in [0.25, 0.3) is 0 Å². The highest BCUT2D eigenvalue weighted by Crippen LogP contribution is 2.06. The normalized spacial score (nSPS) is 10.6. The number of nitrogens with one attached hydrogen (secondary N) is 1. The van der Waals surface area contributed by atoms with Crippen LogP contribution in [0, 0.1) is 5.92 Å². The van der Waals surface area contributed by atoms with Crippen LogP contribution in [-0.2, 0) is 9.53 Å². The van der Waals surface area contributed by atoms with Crippen LogP contribution in [0.15, 0.2) is 0 Å². The fraction of sp³-hybridized carbons (Fsp3) is 0.909. The van der Waals surface area contributed by atoms with Gasteiger partial charge >= 0.3 is 0 Å². The first-order valence-electron chi connectivity index (χ1n) is 5.61. The zero-order valence-corrected chi connectivity index (χ0v) is 9.64. The number of carbonyl (C=O) groups is 1. The molecule has 0 saturated heterocycles. The van der Waals surface area contributed by atoms with Crippen molar-refractivity contribution < 1.29 is 9.53 Å². The summed E-state index contributed by atoms with van der Waals surface area (Å²) >= 11 is 0. The van der Waals surface area contributed by atoms with E-state index < -0.39 is 0 Å². The Hall–Kier alpha value is -0.570. The molecule has 0 bridgehead atoms. The summed E-state index contributed by atoms with van der Waals surface area (Å²) in [5, 5.41) is 2.92. The third-order valence-electron chi connectivity index (χ3n) is 2.33. The molecule has 0 heterocycles. The standard InChI is InChI=1S/C11H23NO2/c1-4-10(5-2)11(13)12-8-7-9-14-6-3/h10H,4-9H2,1-3H3,(H,12,13). The molecule has 0 saturated carbocycles. The number of hydrogen-bond donors (Lipinski definition) is 1. The number of amides is 1. The fourth-order valence-electron chi connectivity index (χ4n) is 1.33. The Morgan fingerprint density at radius 1 is 1.29 bits per heavy atom. The molecule has 0 aliphatic rings. The molecular formula is C11H23NO2. The molecule has 0 spiro atoms. The molecule has 0 rings (SSSR count). The summed E-state index contributed by atoms with van der Waals surface area (Å²) in [6.45, 7) is 8.29. The van der Waals surface area contributed by atoms with Crippen LogP contribution in [0.25, 0.3) is 0 Å². The topological polar surface area (TPSA) is 38.3 Å². The monoisotopic (exact) mass is 201 g/mol. The Morgan fingerprint density at radius 2 is 1.93 bits per heavy atom. The first-order valence-corrected chi connectivity index (χ1v) is 5.61. The number of hydrogen-bond acceptors (Lipinski definition) is 2. The SMILES string of the molecule is CCOCCCNC(=O)C(CC)CC. The molecule has 84 valence electrons. The summed E-state index contributed by atoms with van der Waals surface area (Å²) in [5.74, 6) is 0.369. The van der Waals surface area contributed by atoms with E-state index in [-0.39, 0.29) is 11.8 Å². The van der Waals surface area contributed by atoms with Gasteiger partial charge in [0.2, 0.25) is 5.91 Å². The van der Waals surface area contributed by atoms with E-state index >= 15 is 0 Å². The molecule has 3 heteroatoms. The molecule has 0 radical (unpaired) electrons. The van der Waals surface area contributed by atoms with Gasteiger partial charge < -0.3 is 10.1 Å². The van der Waals surface area contributed by atoms with Crippen LogP contribution in [0.3, 0.4) is 0 Å². The Morgan fingerprint density at radius 3 is 2.43 bits per heavy atom. The van der Waals surface area contributed by atoms with Gasteiger partial charge in [-0.25, -0.2) is 0 Å². The van der Waals surface area contributed by atoms with Crippen molar-refractivity contribution in [2.24, 2.45) is 5.92 Å². The number of rotatable bonds is 8. The second kappa shape index (κ2) is 9.00. The van der Waals surface area contributed by atoms with Crippen molar-refractivity contribution >= 4 is 5.91 Å². The van der Waals surface area contributed by atoms with E-state index in [9.17, 15) is 4.79 Å². The average Bonchev–Trinajstić information content (AvgIpc) is 2.19. The molecule has 0 aromatic rings. The van der Waals surface area contributed by atoms with Crippen LogP contribution in [0.4, 0.5) is 0 Å².